The molecule has 0 saturated carbocycles. The van der Waals surface area contributed by atoms with Crippen molar-refractivity contribution < 1.29 is 15.0 Å². The van der Waals surface area contributed by atoms with Crippen LogP contribution in [0.15, 0.2) is 17.1 Å². The molecule has 0 bridgehead atoms. The zero-order valence-electron chi connectivity index (χ0n) is 11.7. The minimum Gasteiger partial charge on any atom is -0.504 e. The summed E-state index contributed by atoms with van der Waals surface area (Å²) in [6, 6.07) is 1.07. The van der Waals surface area contributed by atoms with Crippen molar-refractivity contribution in [3.63, 3.8) is 0 Å². The zero-order chi connectivity index (χ0) is 15.9. The average Bonchev–Trinajstić information content (AvgIpc) is 2.35. The van der Waals surface area contributed by atoms with Crippen LogP contribution in [0.2, 0.25) is 5.02 Å². The van der Waals surface area contributed by atoms with Gasteiger partial charge in [-0.15, -0.1) is 0 Å². The van der Waals surface area contributed by atoms with Crippen molar-refractivity contribution in [3.05, 3.63) is 33.1 Å². The standard InChI is InChI=1S/C14H15ClN2O4/c1-14(2,3)17-13(21)7-5-16-10-6(11(7)19)4-8(18)12(20)9(10)15/h4-5,18,20H,1-3H3,(H,16,19)(H,17,21). The highest BCUT2D eigenvalue weighted by Gasteiger charge is 2.21. The molecule has 0 aliphatic rings. The van der Waals surface area contributed by atoms with E-state index < -0.39 is 28.4 Å². The molecule has 0 saturated heterocycles. The van der Waals surface area contributed by atoms with Gasteiger partial charge in [-0.05, 0) is 26.8 Å². The molecule has 0 spiro atoms. The number of hydrogen-bond acceptors (Lipinski definition) is 4. The Labute approximate surface area is 125 Å². The molecule has 21 heavy (non-hydrogen) atoms. The second kappa shape index (κ2) is 4.96. The highest BCUT2D eigenvalue weighted by atomic mass is 35.5. The molecule has 4 N–H and O–H groups in total. The van der Waals surface area contributed by atoms with Crippen LogP contribution in [0.1, 0.15) is 31.1 Å². The topological polar surface area (TPSA) is 102 Å². The lowest BCUT2D eigenvalue weighted by molar-refractivity contribution is 0.0918. The molecule has 0 fully saturated rings. The Morgan fingerprint density at radius 1 is 1.33 bits per heavy atom. The van der Waals surface area contributed by atoms with Crippen LogP contribution in [-0.4, -0.2) is 26.6 Å². The summed E-state index contributed by atoms with van der Waals surface area (Å²) in [5.74, 6) is -1.58. The SMILES string of the molecule is CC(C)(C)NC(=O)c1c[nH]c2c(Cl)c(O)c(O)cc2c1=O. The van der Waals surface area contributed by atoms with Crippen molar-refractivity contribution in [1.29, 1.82) is 0 Å². The lowest BCUT2D eigenvalue weighted by Gasteiger charge is -2.20. The lowest BCUT2D eigenvalue weighted by atomic mass is 10.1. The molecule has 6 nitrogen and oxygen atoms in total. The van der Waals surface area contributed by atoms with Gasteiger partial charge in [0.25, 0.3) is 5.91 Å². The molecule has 1 aromatic carbocycles. The van der Waals surface area contributed by atoms with Crippen LogP contribution in [0.5, 0.6) is 11.5 Å². The monoisotopic (exact) mass is 310 g/mol. The first-order chi connectivity index (χ1) is 9.61. The van der Waals surface area contributed by atoms with Gasteiger partial charge in [0.05, 0.1) is 10.9 Å². The first-order valence-corrected chi connectivity index (χ1v) is 6.58. The van der Waals surface area contributed by atoms with Gasteiger partial charge in [-0.3, -0.25) is 9.59 Å². The third-order valence-electron chi connectivity index (χ3n) is 2.80. The van der Waals surface area contributed by atoms with E-state index in [1.165, 1.54) is 6.20 Å². The Balaban J connectivity index is 2.65. The number of pyridine rings is 1. The van der Waals surface area contributed by atoms with E-state index in [4.69, 9.17) is 11.6 Å². The molecule has 0 aliphatic heterocycles. The van der Waals surface area contributed by atoms with Crippen LogP contribution in [0.4, 0.5) is 0 Å². The first kappa shape index (κ1) is 15.2. The fourth-order valence-electron chi connectivity index (χ4n) is 1.88. The molecule has 1 aromatic heterocycles. The predicted molar refractivity (Wildman–Crippen MR) is 80.1 cm³/mol. The highest BCUT2D eigenvalue weighted by molar-refractivity contribution is 6.36. The third-order valence-corrected chi connectivity index (χ3v) is 3.17. The summed E-state index contributed by atoms with van der Waals surface area (Å²) < 4.78 is 0. The minimum absolute atomic E-state index is 0.0249. The van der Waals surface area contributed by atoms with Crippen LogP contribution in [0.25, 0.3) is 10.9 Å². The number of nitrogens with one attached hydrogen (secondary N) is 2. The summed E-state index contributed by atoms with van der Waals surface area (Å²) in [4.78, 5) is 27.1. The van der Waals surface area contributed by atoms with Gasteiger partial charge in [0, 0.05) is 11.7 Å². The minimum atomic E-state index is -0.581. The number of hydrogen-bond donors (Lipinski definition) is 4. The highest BCUT2D eigenvalue weighted by Crippen LogP contribution is 2.37. The number of rotatable bonds is 1. The summed E-state index contributed by atoms with van der Waals surface area (Å²) in [6.45, 7) is 5.38. The number of carbonyl (C=O) groups is 1. The number of amides is 1. The molecule has 112 valence electrons. The van der Waals surface area contributed by atoms with Crippen LogP contribution in [-0.2, 0) is 0 Å². The summed E-state index contributed by atoms with van der Waals surface area (Å²) >= 11 is 5.86. The molecular weight excluding hydrogens is 296 g/mol. The maximum atomic E-state index is 12.3. The van der Waals surface area contributed by atoms with E-state index in [9.17, 15) is 19.8 Å². The Morgan fingerprint density at radius 2 is 1.95 bits per heavy atom. The van der Waals surface area contributed by atoms with E-state index in [-0.39, 0.29) is 21.5 Å². The summed E-state index contributed by atoms with van der Waals surface area (Å²) in [6.07, 6.45) is 1.23. The van der Waals surface area contributed by atoms with Crippen molar-refractivity contribution >= 4 is 28.4 Å². The van der Waals surface area contributed by atoms with Crippen molar-refractivity contribution in [2.75, 3.05) is 0 Å². The molecule has 2 rings (SSSR count). The smallest absolute Gasteiger partial charge is 0.257 e. The van der Waals surface area contributed by atoms with Crippen LogP contribution in [0.3, 0.4) is 0 Å². The summed E-state index contributed by atoms with van der Waals surface area (Å²) in [5.41, 5.74) is -1.02. The van der Waals surface area contributed by atoms with E-state index in [1.54, 1.807) is 20.8 Å². The van der Waals surface area contributed by atoms with Crippen molar-refractivity contribution in [3.8, 4) is 11.5 Å². The molecule has 0 aliphatic carbocycles. The number of phenols is 2. The quantitative estimate of drug-likeness (QED) is 0.606. The number of aromatic hydroxyl groups is 2. The second-order valence-electron chi connectivity index (χ2n) is 5.72. The predicted octanol–water partition coefficient (Wildman–Crippen LogP) is 2.12. The average molecular weight is 311 g/mol. The molecular formula is C14H15ClN2O4. The fraction of sp³-hybridized carbons (Fsp3) is 0.286. The molecule has 0 unspecified atom stereocenters. The number of H-pyrrole nitrogens is 1. The molecule has 0 atom stereocenters. The fourth-order valence-corrected chi connectivity index (χ4v) is 2.13. The van der Waals surface area contributed by atoms with Crippen LogP contribution < -0.4 is 10.7 Å². The van der Waals surface area contributed by atoms with E-state index in [0.29, 0.717) is 0 Å². The van der Waals surface area contributed by atoms with E-state index in [1.807, 2.05) is 0 Å². The molecule has 0 radical (unpaired) electrons. The number of halogens is 1. The largest absolute Gasteiger partial charge is 0.504 e. The Kier molecular flexibility index (Phi) is 3.59. The number of aromatic amines is 1. The van der Waals surface area contributed by atoms with Crippen molar-refractivity contribution in [1.82, 2.24) is 10.3 Å². The summed E-state index contributed by atoms with van der Waals surface area (Å²) in [7, 11) is 0. The van der Waals surface area contributed by atoms with E-state index >= 15 is 0 Å². The van der Waals surface area contributed by atoms with Gasteiger partial charge in [0.1, 0.15) is 10.6 Å². The number of aromatic nitrogens is 1. The second-order valence-corrected chi connectivity index (χ2v) is 6.09. The number of fused-ring (bicyclic) bond motifs is 1. The zero-order valence-corrected chi connectivity index (χ0v) is 12.5. The van der Waals surface area contributed by atoms with E-state index in [0.717, 1.165) is 6.07 Å². The van der Waals surface area contributed by atoms with Crippen LogP contribution >= 0.6 is 11.6 Å². The van der Waals surface area contributed by atoms with Crippen LogP contribution in [0, 0.1) is 0 Å². The Hall–Kier alpha value is -2.21. The van der Waals surface area contributed by atoms with Gasteiger partial charge < -0.3 is 20.5 Å². The Morgan fingerprint density at radius 3 is 2.52 bits per heavy atom. The normalized spacial score (nSPS) is 11.6. The van der Waals surface area contributed by atoms with Gasteiger partial charge in [0.2, 0.25) is 5.43 Å². The van der Waals surface area contributed by atoms with Gasteiger partial charge in [0.15, 0.2) is 11.5 Å². The molecule has 2 aromatic rings. The number of phenolic OH excluding ortho intramolecular Hbond substituents is 2. The maximum Gasteiger partial charge on any atom is 0.257 e. The third kappa shape index (κ3) is 2.80. The molecule has 7 heteroatoms. The molecule has 1 heterocycles. The first-order valence-electron chi connectivity index (χ1n) is 6.20. The van der Waals surface area contributed by atoms with Gasteiger partial charge in [-0.1, -0.05) is 11.6 Å². The van der Waals surface area contributed by atoms with Crippen molar-refractivity contribution in [2.24, 2.45) is 0 Å². The molecule has 1 amide bonds. The van der Waals surface area contributed by atoms with Gasteiger partial charge in [-0.25, -0.2) is 0 Å². The van der Waals surface area contributed by atoms with Crippen molar-refractivity contribution in [2.45, 2.75) is 26.3 Å². The van der Waals surface area contributed by atoms with E-state index in [2.05, 4.69) is 10.3 Å². The van der Waals surface area contributed by atoms with Gasteiger partial charge in [-0.2, -0.15) is 0 Å². The lowest BCUT2D eigenvalue weighted by Crippen LogP contribution is -2.42. The Bertz CT molecular complexity index is 790. The number of benzene rings is 1. The summed E-state index contributed by atoms with van der Waals surface area (Å²) in [5, 5.41) is 21.6. The maximum absolute atomic E-state index is 12.3. The number of carbonyl (C=O) groups excluding carboxylic acids is 1. The van der Waals surface area contributed by atoms with Gasteiger partial charge >= 0.3 is 0 Å².